The van der Waals surface area contributed by atoms with Gasteiger partial charge >= 0.3 is 5.97 Å². The summed E-state index contributed by atoms with van der Waals surface area (Å²) in [5, 5.41) is 10.5. The number of benzene rings is 2. The highest BCUT2D eigenvalue weighted by atomic mass is 19.1. The van der Waals surface area contributed by atoms with Crippen LogP contribution < -0.4 is 0 Å². The summed E-state index contributed by atoms with van der Waals surface area (Å²) in [6, 6.07) is 10.2. The Morgan fingerprint density at radius 2 is 1.82 bits per heavy atom. The summed E-state index contributed by atoms with van der Waals surface area (Å²) in [6.07, 6.45) is 1.19. The van der Waals surface area contributed by atoms with Crippen LogP contribution in [-0.2, 0) is 10.2 Å². The molecule has 0 bridgehead atoms. The molecule has 0 saturated heterocycles. The monoisotopic (exact) mass is 230 g/mol. The lowest BCUT2D eigenvalue weighted by molar-refractivity contribution is -0.139. The lowest BCUT2D eigenvalue weighted by Crippen LogP contribution is -2.20. The molecule has 0 aromatic heterocycles. The number of carbonyl (C=O) groups is 1. The first-order chi connectivity index (χ1) is 8.15. The van der Waals surface area contributed by atoms with E-state index in [0.29, 0.717) is 23.8 Å². The van der Waals surface area contributed by atoms with Crippen LogP contribution in [0, 0.1) is 5.82 Å². The summed E-state index contributed by atoms with van der Waals surface area (Å²) in [4.78, 5) is 11.3. The van der Waals surface area contributed by atoms with Crippen LogP contribution in [0.15, 0.2) is 36.4 Å². The van der Waals surface area contributed by atoms with Crippen LogP contribution in [-0.4, -0.2) is 11.1 Å². The Morgan fingerprint density at radius 1 is 1.18 bits per heavy atom. The van der Waals surface area contributed by atoms with Crippen molar-refractivity contribution in [1.29, 1.82) is 0 Å². The van der Waals surface area contributed by atoms with Crippen LogP contribution in [0.4, 0.5) is 4.39 Å². The zero-order chi connectivity index (χ0) is 12.0. The number of carboxylic acids is 1. The van der Waals surface area contributed by atoms with Crippen molar-refractivity contribution in [3.8, 4) is 0 Å². The molecule has 2 nitrogen and oxygen atoms in total. The fraction of sp³-hybridized carbons (Fsp3) is 0.214. The molecule has 0 heterocycles. The molecular weight excluding hydrogens is 219 g/mol. The van der Waals surface area contributed by atoms with Gasteiger partial charge in [-0.15, -0.1) is 0 Å². The van der Waals surface area contributed by atoms with Crippen molar-refractivity contribution >= 4 is 16.7 Å². The number of halogens is 1. The first kappa shape index (κ1) is 10.3. The summed E-state index contributed by atoms with van der Waals surface area (Å²) in [5.41, 5.74) is -0.248. The lowest BCUT2D eigenvalue weighted by atomic mass is 9.90. The van der Waals surface area contributed by atoms with Crippen molar-refractivity contribution in [2.24, 2.45) is 0 Å². The molecule has 1 aliphatic carbocycles. The highest BCUT2D eigenvalue weighted by Gasteiger charge is 2.52. The Balaban J connectivity index is 2.34. The van der Waals surface area contributed by atoms with Gasteiger partial charge in [-0.3, -0.25) is 4.79 Å². The largest absolute Gasteiger partial charge is 0.481 e. The molecule has 3 rings (SSSR count). The fourth-order valence-electron chi connectivity index (χ4n) is 2.42. The van der Waals surface area contributed by atoms with E-state index >= 15 is 0 Å². The van der Waals surface area contributed by atoms with Crippen LogP contribution in [0.25, 0.3) is 10.8 Å². The number of aliphatic carboxylic acids is 1. The van der Waals surface area contributed by atoms with E-state index in [1.54, 1.807) is 30.3 Å². The zero-order valence-corrected chi connectivity index (χ0v) is 9.11. The SMILES string of the molecule is O=C(O)C1(c2cccc3cccc(F)c23)CC1. The molecule has 0 atom stereocenters. The van der Waals surface area contributed by atoms with Gasteiger partial charge in [0, 0.05) is 5.39 Å². The molecule has 2 aromatic carbocycles. The molecular formula is C14H11FO2. The van der Waals surface area contributed by atoms with E-state index in [-0.39, 0.29) is 5.82 Å². The second-order valence-corrected chi connectivity index (χ2v) is 4.53. The molecule has 0 unspecified atom stereocenters. The van der Waals surface area contributed by atoms with Gasteiger partial charge in [0.1, 0.15) is 5.82 Å². The minimum absolute atomic E-state index is 0.342. The van der Waals surface area contributed by atoms with Crippen molar-refractivity contribution in [1.82, 2.24) is 0 Å². The van der Waals surface area contributed by atoms with Crippen LogP contribution in [0.2, 0.25) is 0 Å². The Labute approximate surface area is 97.7 Å². The van der Waals surface area contributed by atoms with Crippen molar-refractivity contribution in [3.63, 3.8) is 0 Å². The molecule has 17 heavy (non-hydrogen) atoms. The molecule has 1 N–H and O–H groups in total. The maximum Gasteiger partial charge on any atom is 0.314 e. The quantitative estimate of drug-likeness (QED) is 0.860. The predicted octanol–water partition coefficient (Wildman–Crippen LogP) is 3.10. The van der Waals surface area contributed by atoms with E-state index in [4.69, 9.17) is 0 Å². The average molecular weight is 230 g/mol. The molecule has 86 valence electrons. The van der Waals surface area contributed by atoms with E-state index in [9.17, 15) is 14.3 Å². The van der Waals surface area contributed by atoms with E-state index in [1.807, 2.05) is 0 Å². The van der Waals surface area contributed by atoms with Gasteiger partial charge in [0.05, 0.1) is 5.41 Å². The maximum atomic E-state index is 13.9. The molecule has 0 spiro atoms. The van der Waals surface area contributed by atoms with Crippen molar-refractivity contribution in [2.75, 3.05) is 0 Å². The Hall–Kier alpha value is -1.90. The van der Waals surface area contributed by atoms with Gasteiger partial charge < -0.3 is 5.11 Å². The van der Waals surface area contributed by atoms with E-state index < -0.39 is 11.4 Å². The molecule has 0 amide bonds. The average Bonchev–Trinajstić information content (AvgIpc) is 3.10. The van der Waals surface area contributed by atoms with Crippen LogP contribution >= 0.6 is 0 Å². The smallest absolute Gasteiger partial charge is 0.314 e. The zero-order valence-electron chi connectivity index (χ0n) is 9.11. The van der Waals surface area contributed by atoms with Gasteiger partial charge in [0.25, 0.3) is 0 Å². The summed E-state index contributed by atoms with van der Waals surface area (Å²) < 4.78 is 13.9. The van der Waals surface area contributed by atoms with Crippen LogP contribution in [0.1, 0.15) is 18.4 Å². The third-order valence-corrected chi connectivity index (χ3v) is 3.53. The molecule has 3 heteroatoms. The highest BCUT2D eigenvalue weighted by molar-refractivity contribution is 5.95. The molecule has 2 aromatic rings. The van der Waals surface area contributed by atoms with Gasteiger partial charge in [0.15, 0.2) is 0 Å². The number of carboxylic acid groups (broad SMARTS) is 1. The molecule has 1 fully saturated rings. The normalized spacial score (nSPS) is 17.0. The molecule has 0 radical (unpaired) electrons. The summed E-state index contributed by atoms with van der Waals surface area (Å²) >= 11 is 0. The first-order valence-corrected chi connectivity index (χ1v) is 5.56. The maximum absolute atomic E-state index is 13.9. The van der Waals surface area contributed by atoms with E-state index in [2.05, 4.69) is 0 Å². The summed E-state index contributed by atoms with van der Waals surface area (Å²) in [7, 11) is 0. The minimum Gasteiger partial charge on any atom is -0.481 e. The third kappa shape index (κ3) is 1.35. The summed E-state index contributed by atoms with van der Waals surface area (Å²) in [5.74, 6) is -1.20. The van der Waals surface area contributed by atoms with Gasteiger partial charge in [-0.05, 0) is 29.9 Å². The molecule has 1 saturated carbocycles. The summed E-state index contributed by atoms with van der Waals surface area (Å²) in [6.45, 7) is 0. The van der Waals surface area contributed by atoms with Crippen LogP contribution in [0.3, 0.4) is 0 Å². The number of hydrogen-bond acceptors (Lipinski definition) is 1. The highest BCUT2D eigenvalue weighted by Crippen LogP contribution is 2.50. The Kier molecular flexibility index (Phi) is 1.99. The Morgan fingerprint density at radius 3 is 2.41 bits per heavy atom. The molecule has 0 aliphatic heterocycles. The number of fused-ring (bicyclic) bond motifs is 1. The predicted molar refractivity (Wildman–Crippen MR) is 62.5 cm³/mol. The topological polar surface area (TPSA) is 37.3 Å². The van der Waals surface area contributed by atoms with E-state index in [1.165, 1.54) is 6.07 Å². The second kappa shape index (κ2) is 3.29. The standard InChI is InChI=1S/C14H11FO2/c15-11-6-2-4-9-3-1-5-10(12(9)11)14(7-8-14)13(16)17/h1-6H,7-8H2,(H,16,17). The van der Waals surface area contributed by atoms with Crippen molar-refractivity contribution in [2.45, 2.75) is 18.3 Å². The first-order valence-electron chi connectivity index (χ1n) is 5.56. The van der Waals surface area contributed by atoms with Gasteiger partial charge in [-0.2, -0.15) is 0 Å². The van der Waals surface area contributed by atoms with E-state index in [0.717, 1.165) is 5.39 Å². The molecule has 1 aliphatic rings. The lowest BCUT2D eigenvalue weighted by Gasteiger charge is -2.13. The third-order valence-electron chi connectivity index (χ3n) is 3.53. The van der Waals surface area contributed by atoms with Gasteiger partial charge in [-0.25, -0.2) is 4.39 Å². The van der Waals surface area contributed by atoms with Crippen molar-refractivity contribution < 1.29 is 14.3 Å². The number of hydrogen-bond donors (Lipinski definition) is 1. The van der Waals surface area contributed by atoms with Crippen LogP contribution in [0.5, 0.6) is 0 Å². The fourth-order valence-corrected chi connectivity index (χ4v) is 2.42. The number of rotatable bonds is 2. The minimum atomic E-state index is -0.859. The van der Waals surface area contributed by atoms with Gasteiger partial charge in [-0.1, -0.05) is 30.3 Å². The van der Waals surface area contributed by atoms with Crippen molar-refractivity contribution in [3.05, 3.63) is 47.8 Å². The Bertz CT molecular complexity index is 609. The van der Waals surface area contributed by atoms with Gasteiger partial charge in [0.2, 0.25) is 0 Å². The second-order valence-electron chi connectivity index (χ2n) is 4.53.